The minimum atomic E-state index is -0.460. The molecule has 3 aromatic rings. The van der Waals surface area contributed by atoms with Crippen molar-refractivity contribution >= 4 is 46.8 Å². The Bertz CT molecular complexity index is 1100. The van der Waals surface area contributed by atoms with E-state index in [0.29, 0.717) is 22.5 Å². The number of thioether (sulfide) groups is 1. The fourth-order valence-corrected chi connectivity index (χ4v) is 3.79. The Kier molecular flexibility index (Phi) is 9.35. The molecule has 0 saturated carbocycles. The van der Waals surface area contributed by atoms with Crippen LogP contribution in [0.25, 0.3) is 0 Å². The highest BCUT2D eigenvalue weighted by molar-refractivity contribution is 7.98. The Labute approximate surface area is 206 Å². The summed E-state index contributed by atoms with van der Waals surface area (Å²) in [6, 6.07) is 14.9. The van der Waals surface area contributed by atoms with Crippen molar-refractivity contribution < 1.29 is 14.3 Å². The summed E-state index contributed by atoms with van der Waals surface area (Å²) in [5.41, 5.74) is 2.07. The Morgan fingerprint density at radius 2 is 1.70 bits per heavy atom. The second-order valence-corrected chi connectivity index (χ2v) is 8.68. The lowest BCUT2D eigenvalue weighted by atomic mass is 10.2. The summed E-state index contributed by atoms with van der Waals surface area (Å²) in [5, 5.41) is 6.73. The van der Waals surface area contributed by atoms with Crippen molar-refractivity contribution in [2.24, 2.45) is 0 Å². The Balaban J connectivity index is 1.45. The fourth-order valence-electron chi connectivity index (χ4n) is 2.71. The van der Waals surface area contributed by atoms with Gasteiger partial charge in [-0.3, -0.25) is 9.59 Å². The molecule has 0 fully saturated rings. The number of nitrogens with one attached hydrogen (secondary N) is 2. The third-order valence-corrected chi connectivity index (χ3v) is 5.97. The number of benzene rings is 2. The lowest BCUT2D eigenvalue weighted by molar-refractivity contribution is -0.121. The fraction of sp³-hybridized carbons (Fsp3) is 0.217. The molecule has 0 bridgehead atoms. The van der Waals surface area contributed by atoms with E-state index in [1.54, 1.807) is 7.11 Å². The number of hydrogen-bond donors (Lipinski definition) is 2. The lowest BCUT2D eigenvalue weighted by Crippen LogP contribution is -2.31. The topological polar surface area (TPSA) is 93.2 Å². The van der Waals surface area contributed by atoms with Crippen LogP contribution in [0, 0.1) is 0 Å². The quantitative estimate of drug-likeness (QED) is 0.311. The van der Waals surface area contributed by atoms with Crippen LogP contribution in [0.5, 0.6) is 5.75 Å². The summed E-state index contributed by atoms with van der Waals surface area (Å²) in [4.78, 5) is 33.0. The zero-order chi connectivity index (χ0) is 23.6. The second kappa shape index (κ2) is 12.4. The highest BCUT2D eigenvalue weighted by Crippen LogP contribution is 2.23. The van der Waals surface area contributed by atoms with Gasteiger partial charge in [0.25, 0.3) is 5.91 Å². The highest BCUT2D eigenvalue weighted by Gasteiger charge is 2.15. The first-order chi connectivity index (χ1) is 15.9. The van der Waals surface area contributed by atoms with Crippen LogP contribution < -0.4 is 15.4 Å². The second-order valence-electron chi connectivity index (χ2n) is 6.89. The van der Waals surface area contributed by atoms with Crippen LogP contribution in [-0.4, -0.2) is 35.4 Å². The number of methoxy groups -OCH3 is 1. The molecule has 0 saturated heterocycles. The molecule has 0 aliphatic heterocycles. The number of carbonyl (C=O) groups is 2. The number of amides is 2. The molecule has 0 aliphatic rings. The first-order valence-electron chi connectivity index (χ1n) is 10.0. The summed E-state index contributed by atoms with van der Waals surface area (Å²) in [6.45, 7) is 0.545. The van der Waals surface area contributed by atoms with Crippen molar-refractivity contribution in [3.8, 4) is 5.75 Å². The predicted octanol–water partition coefficient (Wildman–Crippen LogP) is 4.52. The van der Waals surface area contributed by atoms with E-state index < -0.39 is 5.91 Å². The lowest BCUT2D eigenvalue weighted by Gasteiger charge is -2.09. The summed E-state index contributed by atoms with van der Waals surface area (Å²) in [5.74, 6) is 0.731. The molecule has 33 heavy (non-hydrogen) atoms. The van der Waals surface area contributed by atoms with Crippen LogP contribution in [0.1, 0.15) is 28.0 Å². The summed E-state index contributed by atoms with van der Waals surface area (Å²) >= 11 is 13.4. The van der Waals surface area contributed by atoms with Crippen LogP contribution in [0.2, 0.25) is 10.0 Å². The molecule has 2 amide bonds. The maximum absolute atomic E-state index is 12.5. The number of carbonyl (C=O) groups excluding carboxylic acids is 2. The number of rotatable bonds is 10. The standard InChI is InChI=1S/C23H22Cl2N4O3S/c1-32-18-8-4-15(5-9-18)12-27-20(30)10-11-26-22(31)21-19(25)13-28-23(29-21)33-14-16-2-6-17(24)7-3-16/h2-9,13H,10-12,14H2,1H3,(H,26,31)(H,27,30). The van der Waals surface area contributed by atoms with E-state index >= 15 is 0 Å². The van der Waals surface area contributed by atoms with Gasteiger partial charge >= 0.3 is 0 Å². The van der Waals surface area contributed by atoms with E-state index in [1.165, 1.54) is 18.0 Å². The van der Waals surface area contributed by atoms with Gasteiger partial charge in [0.2, 0.25) is 5.91 Å². The van der Waals surface area contributed by atoms with E-state index in [9.17, 15) is 9.59 Å². The van der Waals surface area contributed by atoms with Gasteiger partial charge in [-0.15, -0.1) is 0 Å². The molecule has 2 aromatic carbocycles. The molecule has 0 unspecified atom stereocenters. The number of nitrogens with zero attached hydrogens (tertiary/aromatic N) is 2. The van der Waals surface area contributed by atoms with E-state index in [1.807, 2.05) is 48.5 Å². The van der Waals surface area contributed by atoms with Gasteiger partial charge in [-0.25, -0.2) is 9.97 Å². The Hall–Kier alpha value is -2.81. The van der Waals surface area contributed by atoms with Crippen molar-refractivity contribution in [1.29, 1.82) is 0 Å². The smallest absolute Gasteiger partial charge is 0.271 e. The van der Waals surface area contributed by atoms with Crippen LogP contribution in [0.15, 0.2) is 59.9 Å². The minimum absolute atomic E-state index is 0.0731. The molecule has 1 aromatic heterocycles. The summed E-state index contributed by atoms with van der Waals surface area (Å²) in [7, 11) is 1.60. The van der Waals surface area contributed by atoms with E-state index in [4.69, 9.17) is 27.9 Å². The maximum Gasteiger partial charge on any atom is 0.271 e. The molecule has 0 radical (unpaired) electrons. The van der Waals surface area contributed by atoms with Crippen molar-refractivity contribution in [2.45, 2.75) is 23.9 Å². The van der Waals surface area contributed by atoms with Gasteiger partial charge < -0.3 is 15.4 Å². The molecule has 1 heterocycles. The Morgan fingerprint density at radius 3 is 2.39 bits per heavy atom. The molecule has 7 nitrogen and oxygen atoms in total. The average Bonchev–Trinajstić information content (AvgIpc) is 2.83. The SMILES string of the molecule is COc1ccc(CNC(=O)CCNC(=O)c2nc(SCc3ccc(Cl)cc3)ncc2Cl)cc1. The van der Waals surface area contributed by atoms with Gasteiger partial charge in [0, 0.05) is 30.3 Å². The molecule has 2 N–H and O–H groups in total. The predicted molar refractivity (Wildman–Crippen MR) is 130 cm³/mol. The van der Waals surface area contributed by atoms with Crippen LogP contribution in [0.4, 0.5) is 0 Å². The van der Waals surface area contributed by atoms with Gasteiger partial charge in [0.1, 0.15) is 5.75 Å². The zero-order valence-corrected chi connectivity index (χ0v) is 20.1. The van der Waals surface area contributed by atoms with Crippen molar-refractivity contribution in [1.82, 2.24) is 20.6 Å². The Morgan fingerprint density at radius 1 is 1.00 bits per heavy atom. The third-order valence-electron chi connectivity index (χ3n) is 4.50. The number of ether oxygens (including phenoxy) is 1. The molecular weight excluding hydrogens is 483 g/mol. The van der Waals surface area contributed by atoms with E-state index in [0.717, 1.165) is 16.9 Å². The normalized spacial score (nSPS) is 10.5. The number of hydrogen-bond acceptors (Lipinski definition) is 6. The van der Waals surface area contributed by atoms with E-state index in [2.05, 4.69) is 20.6 Å². The van der Waals surface area contributed by atoms with Gasteiger partial charge in [0.15, 0.2) is 10.9 Å². The highest BCUT2D eigenvalue weighted by atomic mass is 35.5. The first kappa shape index (κ1) is 24.8. The van der Waals surface area contributed by atoms with Crippen LogP contribution in [0.3, 0.4) is 0 Å². The molecular formula is C23H22Cl2N4O3S. The van der Waals surface area contributed by atoms with Crippen molar-refractivity contribution in [3.05, 3.63) is 81.6 Å². The van der Waals surface area contributed by atoms with E-state index in [-0.39, 0.29) is 29.6 Å². The molecule has 0 spiro atoms. The van der Waals surface area contributed by atoms with Gasteiger partial charge in [-0.1, -0.05) is 59.2 Å². The van der Waals surface area contributed by atoms with Crippen molar-refractivity contribution in [2.75, 3.05) is 13.7 Å². The largest absolute Gasteiger partial charge is 0.497 e. The first-order valence-corrected chi connectivity index (χ1v) is 11.8. The molecule has 10 heteroatoms. The molecule has 172 valence electrons. The van der Waals surface area contributed by atoms with Gasteiger partial charge in [-0.05, 0) is 35.4 Å². The molecule has 3 rings (SSSR count). The average molecular weight is 505 g/mol. The third kappa shape index (κ3) is 7.92. The van der Waals surface area contributed by atoms with Crippen LogP contribution >= 0.6 is 35.0 Å². The summed E-state index contributed by atoms with van der Waals surface area (Å²) < 4.78 is 5.11. The number of aromatic nitrogens is 2. The minimum Gasteiger partial charge on any atom is -0.497 e. The number of halogens is 2. The summed E-state index contributed by atoms with van der Waals surface area (Å²) in [6.07, 6.45) is 1.53. The monoisotopic (exact) mass is 504 g/mol. The molecule has 0 aliphatic carbocycles. The van der Waals surface area contributed by atoms with Gasteiger partial charge in [-0.2, -0.15) is 0 Å². The maximum atomic E-state index is 12.5. The van der Waals surface area contributed by atoms with Crippen molar-refractivity contribution in [3.63, 3.8) is 0 Å². The zero-order valence-electron chi connectivity index (χ0n) is 17.8. The molecule has 0 atom stereocenters. The van der Waals surface area contributed by atoms with Gasteiger partial charge in [0.05, 0.1) is 18.3 Å². The van der Waals surface area contributed by atoms with Crippen LogP contribution in [-0.2, 0) is 17.1 Å².